The number of urea groups is 1. The van der Waals surface area contributed by atoms with Crippen molar-refractivity contribution in [2.45, 2.75) is 6.92 Å². The zero-order chi connectivity index (χ0) is 21.7. The minimum absolute atomic E-state index is 0.0586. The Hall–Kier alpha value is -3.33. The summed E-state index contributed by atoms with van der Waals surface area (Å²) in [5, 5.41) is 16.8. The van der Waals surface area contributed by atoms with Crippen molar-refractivity contribution in [2.24, 2.45) is 0 Å². The van der Waals surface area contributed by atoms with Gasteiger partial charge in [-0.1, -0.05) is 23.7 Å². The van der Waals surface area contributed by atoms with Gasteiger partial charge in [0.15, 0.2) is 0 Å². The van der Waals surface area contributed by atoms with Gasteiger partial charge in [-0.2, -0.15) is 0 Å². The van der Waals surface area contributed by atoms with Gasteiger partial charge in [0, 0.05) is 43.0 Å². The molecule has 2 N–H and O–H groups in total. The maximum Gasteiger partial charge on any atom is 0.319 e. The van der Waals surface area contributed by atoms with Crippen molar-refractivity contribution < 1.29 is 14.5 Å². The molecule has 0 saturated carbocycles. The molecule has 2 aromatic rings. The van der Waals surface area contributed by atoms with Crippen LogP contribution in [-0.2, 0) is 4.79 Å². The first-order valence-electron chi connectivity index (χ1n) is 9.41. The lowest BCUT2D eigenvalue weighted by atomic mass is 10.2. The monoisotopic (exact) mass is 431 g/mol. The molecule has 1 saturated heterocycles. The topological polar surface area (TPSA) is 108 Å². The molecule has 1 aliphatic rings. The quantitative estimate of drug-likeness (QED) is 0.558. The van der Waals surface area contributed by atoms with Crippen LogP contribution in [0.2, 0.25) is 5.02 Å². The van der Waals surface area contributed by atoms with E-state index in [1.807, 2.05) is 30.0 Å². The van der Waals surface area contributed by atoms with Crippen molar-refractivity contribution in [3.63, 3.8) is 0 Å². The van der Waals surface area contributed by atoms with E-state index in [-0.39, 0.29) is 18.1 Å². The summed E-state index contributed by atoms with van der Waals surface area (Å²) in [6.45, 7) is 3.50. The summed E-state index contributed by atoms with van der Waals surface area (Å²) >= 11 is 5.87. The number of carbonyl (C=O) groups is 2. The summed E-state index contributed by atoms with van der Waals surface area (Å²) < 4.78 is 0. The van der Waals surface area contributed by atoms with E-state index in [2.05, 4.69) is 10.6 Å². The Kier molecular flexibility index (Phi) is 6.73. The Balaban J connectivity index is 1.50. The standard InChI is InChI=1S/C20H22ClN5O4/c1-14-3-2-4-16(11-14)23-20(28)22-13-19(27)25-9-7-24(8-10-25)17-6-5-15(21)12-18(17)26(29)30/h2-6,11-12H,7-10,13H2,1H3,(H2,22,23,28). The van der Waals surface area contributed by atoms with Crippen molar-refractivity contribution in [1.82, 2.24) is 10.2 Å². The first-order valence-corrected chi connectivity index (χ1v) is 9.79. The van der Waals surface area contributed by atoms with Crippen LogP contribution in [0.3, 0.4) is 0 Å². The Bertz CT molecular complexity index is 960. The van der Waals surface area contributed by atoms with Crippen molar-refractivity contribution in [3.8, 4) is 0 Å². The van der Waals surface area contributed by atoms with Gasteiger partial charge in [0.1, 0.15) is 5.69 Å². The van der Waals surface area contributed by atoms with Gasteiger partial charge in [0.05, 0.1) is 11.5 Å². The molecule has 1 fully saturated rings. The number of rotatable bonds is 5. The van der Waals surface area contributed by atoms with Gasteiger partial charge in [-0.05, 0) is 36.8 Å². The SMILES string of the molecule is Cc1cccc(NC(=O)NCC(=O)N2CCN(c3ccc(Cl)cc3[N+](=O)[O-])CC2)c1. The van der Waals surface area contributed by atoms with Crippen LogP contribution in [0.25, 0.3) is 0 Å². The Morgan fingerprint density at radius 1 is 1.13 bits per heavy atom. The molecular formula is C20H22ClN5O4. The number of hydrogen-bond acceptors (Lipinski definition) is 5. The van der Waals surface area contributed by atoms with Crippen molar-refractivity contribution in [2.75, 3.05) is 42.9 Å². The molecule has 0 atom stereocenters. The molecule has 0 aromatic heterocycles. The van der Waals surface area contributed by atoms with E-state index in [1.54, 1.807) is 23.1 Å². The molecule has 0 radical (unpaired) electrons. The number of nitro benzene ring substituents is 1. The predicted octanol–water partition coefficient (Wildman–Crippen LogP) is 3.03. The predicted molar refractivity (Wildman–Crippen MR) is 115 cm³/mol. The molecular weight excluding hydrogens is 410 g/mol. The summed E-state index contributed by atoms with van der Waals surface area (Å²) in [6.07, 6.45) is 0. The van der Waals surface area contributed by atoms with Gasteiger partial charge in [0.2, 0.25) is 5.91 Å². The van der Waals surface area contributed by atoms with Crippen LogP contribution < -0.4 is 15.5 Å². The highest BCUT2D eigenvalue weighted by molar-refractivity contribution is 6.30. The zero-order valence-electron chi connectivity index (χ0n) is 16.4. The lowest BCUT2D eigenvalue weighted by Crippen LogP contribution is -2.51. The first-order chi connectivity index (χ1) is 14.3. The fourth-order valence-electron chi connectivity index (χ4n) is 3.27. The largest absolute Gasteiger partial charge is 0.362 e. The minimum atomic E-state index is -0.463. The molecule has 0 aliphatic carbocycles. The fraction of sp³-hybridized carbons (Fsp3) is 0.300. The zero-order valence-corrected chi connectivity index (χ0v) is 17.2. The molecule has 158 valence electrons. The Morgan fingerprint density at radius 2 is 1.87 bits per heavy atom. The highest BCUT2D eigenvalue weighted by Gasteiger charge is 2.26. The molecule has 9 nitrogen and oxygen atoms in total. The third kappa shape index (κ3) is 5.38. The second-order valence-corrected chi connectivity index (χ2v) is 7.37. The van der Waals surface area contributed by atoms with Gasteiger partial charge in [-0.25, -0.2) is 4.79 Å². The normalized spacial score (nSPS) is 13.7. The molecule has 2 aromatic carbocycles. The third-order valence-electron chi connectivity index (χ3n) is 4.78. The molecule has 0 bridgehead atoms. The van der Waals surface area contributed by atoms with Crippen LogP contribution in [0.1, 0.15) is 5.56 Å². The number of nitrogens with one attached hydrogen (secondary N) is 2. The number of piperazine rings is 1. The van der Waals surface area contributed by atoms with Crippen LogP contribution in [0.5, 0.6) is 0 Å². The van der Waals surface area contributed by atoms with E-state index in [9.17, 15) is 19.7 Å². The molecule has 3 rings (SSSR count). The number of aryl methyl sites for hydroxylation is 1. The number of halogens is 1. The van der Waals surface area contributed by atoms with Crippen LogP contribution in [-0.4, -0.2) is 54.5 Å². The summed E-state index contributed by atoms with van der Waals surface area (Å²) in [5.41, 5.74) is 2.09. The smallest absolute Gasteiger partial charge is 0.319 e. The van der Waals surface area contributed by atoms with Gasteiger partial charge >= 0.3 is 6.03 Å². The molecule has 3 amide bonds. The number of carbonyl (C=O) groups excluding carboxylic acids is 2. The minimum Gasteiger partial charge on any atom is -0.362 e. The number of benzene rings is 2. The van der Waals surface area contributed by atoms with E-state index in [0.717, 1.165) is 5.56 Å². The lowest BCUT2D eigenvalue weighted by molar-refractivity contribution is -0.384. The maximum atomic E-state index is 12.4. The van der Waals surface area contributed by atoms with Crippen molar-refractivity contribution in [3.05, 3.63) is 63.2 Å². The number of nitrogens with zero attached hydrogens (tertiary/aromatic N) is 3. The number of nitro groups is 1. The highest BCUT2D eigenvalue weighted by atomic mass is 35.5. The molecule has 1 heterocycles. The number of amides is 3. The second kappa shape index (κ2) is 9.45. The molecule has 30 heavy (non-hydrogen) atoms. The van der Waals surface area contributed by atoms with Gasteiger partial charge < -0.3 is 20.4 Å². The van der Waals surface area contributed by atoms with Gasteiger partial charge in [0.25, 0.3) is 5.69 Å². The van der Waals surface area contributed by atoms with Gasteiger partial charge in [-0.15, -0.1) is 0 Å². The Morgan fingerprint density at radius 3 is 2.53 bits per heavy atom. The Labute approximate surface area is 178 Å². The third-order valence-corrected chi connectivity index (χ3v) is 5.02. The number of hydrogen-bond donors (Lipinski definition) is 2. The summed E-state index contributed by atoms with van der Waals surface area (Å²) in [5.74, 6) is -0.209. The van der Waals surface area contributed by atoms with E-state index >= 15 is 0 Å². The second-order valence-electron chi connectivity index (χ2n) is 6.94. The van der Waals surface area contributed by atoms with Crippen LogP contribution in [0, 0.1) is 17.0 Å². The molecule has 0 unspecified atom stereocenters. The van der Waals surface area contributed by atoms with Crippen LogP contribution in [0.15, 0.2) is 42.5 Å². The molecule has 10 heteroatoms. The van der Waals surface area contributed by atoms with Crippen molar-refractivity contribution in [1.29, 1.82) is 0 Å². The van der Waals surface area contributed by atoms with E-state index in [0.29, 0.717) is 42.6 Å². The number of anilines is 2. The summed E-state index contributed by atoms with van der Waals surface area (Å²) in [7, 11) is 0. The first kappa shape index (κ1) is 21.4. The summed E-state index contributed by atoms with van der Waals surface area (Å²) in [6, 6.07) is 11.5. The fourth-order valence-corrected chi connectivity index (χ4v) is 3.44. The highest BCUT2D eigenvalue weighted by Crippen LogP contribution is 2.31. The van der Waals surface area contributed by atoms with Crippen LogP contribution >= 0.6 is 11.6 Å². The van der Waals surface area contributed by atoms with E-state index < -0.39 is 11.0 Å². The molecule has 1 aliphatic heterocycles. The van der Waals surface area contributed by atoms with E-state index in [1.165, 1.54) is 6.07 Å². The van der Waals surface area contributed by atoms with Gasteiger partial charge in [-0.3, -0.25) is 14.9 Å². The van der Waals surface area contributed by atoms with Crippen molar-refractivity contribution >= 4 is 40.6 Å². The average Bonchev–Trinajstić information content (AvgIpc) is 2.72. The van der Waals surface area contributed by atoms with Crippen LogP contribution in [0.4, 0.5) is 21.9 Å². The molecule has 0 spiro atoms. The van der Waals surface area contributed by atoms with E-state index in [4.69, 9.17) is 11.6 Å². The average molecular weight is 432 g/mol. The maximum absolute atomic E-state index is 12.4. The summed E-state index contributed by atoms with van der Waals surface area (Å²) in [4.78, 5) is 38.7. The lowest BCUT2D eigenvalue weighted by Gasteiger charge is -2.35.